The summed E-state index contributed by atoms with van der Waals surface area (Å²) in [5, 5.41) is 11.9. The third-order valence-corrected chi connectivity index (χ3v) is 4.20. The Balaban J connectivity index is 2.30. The molecule has 0 spiro atoms. The van der Waals surface area contributed by atoms with Crippen molar-refractivity contribution >= 4 is 28.9 Å². The minimum absolute atomic E-state index is 0.0705. The average molecular weight is 350 g/mol. The van der Waals surface area contributed by atoms with Crippen LogP contribution in [0, 0.1) is 12.7 Å². The molecular formula is C15H9ClFN3O2S. The molecule has 0 radical (unpaired) electrons. The number of thiazole rings is 1. The third kappa shape index (κ3) is 2.93. The van der Waals surface area contributed by atoms with Crippen molar-refractivity contribution < 1.29 is 14.3 Å². The summed E-state index contributed by atoms with van der Waals surface area (Å²) in [6.45, 7) is 1.57. The summed E-state index contributed by atoms with van der Waals surface area (Å²) in [6, 6.07) is 3.72. The minimum atomic E-state index is -1.18. The Morgan fingerprint density at radius 1 is 1.35 bits per heavy atom. The minimum Gasteiger partial charge on any atom is -0.478 e. The normalized spacial score (nSPS) is 10.7. The van der Waals surface area contributed by atoms with Crippen LogP contribution in [0.25, 0.3) is 22.1 Å². The smallest absolute Gasteiger partial charge is 0.339 e. The van der Waals surface area contributed by atoms with Gasteiger partial charge < -0.3 is 5.11 Å². The van der Waals surface area contributed by atoms with E-state index in [2.05, 4.69) is 15.0 Å². The van der Waals surface area contributed by atoms with Gasteiger partial charge in [-0.25, -0.2) is 24.1 Å². The first-order valence-electron chi connectivity index (χ1n) is 6.44. The number of halogens is 2. The second kappa shape index (κ2) is 6.02. The quantitative estimate of drug-likeness (QED) is 0.771. The fourth-order valence-corrected chi connectivity index (χ4v) is 2.96. The van der Waals surface area contributed by atoms with Crippen LogP contribution in [0.2, 0.25) is 5.02 Å². The summed E-state index contributed by atoms with van der Waals surface area (Å²) >= 11 is 7.40. The van der Waals surface area contributed by atoms with E-state index in [1.807, 2.05) is 0 Å². The zero-order chi connectivity index (χ0) is 16.6. The third-order valence-electron chi connectivity index (χ3n) is 3.11. The lowest BCUT2D eigenvalue weighted by molar-refractivity contribution is 0.0696. The molecule has 0 atom stereocenters. The standard InChI is InChI=1S/C15H9ClFN3O2S/c1-7-11(15(21)22)12(9-3-2-8(17)6-10(9)16)20-13(19-7)14-18-4-5-23-14/h2-6H,1H3,(H,21,22). The van der Waals surface area contributed by atoms with Crippen LogP contribution in [0.3, 0.4) is 0 Å². The Labute approximate surface area is 139 Å². The molecule has 0 unspecified atom stereocenters. The molecule has 1 aromatic carbocycles. The molecular weight excluding hydrogens is 341 g/mol. The topological polar surface area (TPSA) is 76.0 Å². The van der Waals surface area contributed by atoms with Crippen molar-refractivity contribution in [1.82, 2.24) is 15.0 Å². The SMILES string of the molecule is Cc1nc(-c2nccs2)nc(-c2ccc(F)cc2Cl)c1C(=O)O. The van der Waals surface area contributed by atoms with Gasteiger partial charge >= 0.3 is 5.97 Å². The van der Waals surface area contributed by atoms with E-state index in [1.165, 1.54) is 23.5 Å². The van der Waals surface area contributed by atoms with Crippen LogP contribution >= 0.6 is 22.9 Å². The van der Waals surface area contributed by atoms with E-state index in [-0.39, 0.29) is 22.0 Å². The van der Waals surface area contributed by atoms with Gasteiger partial charge in [-0.05, 0) is 25.1 Å². The highest BCUT2D eigenvalue weighted by molar-refractivity contribution is 7.13. The lowest BCUT2D eigenvalue weighted by atomic mass is 10.0. The average Bonchev–Trinajstić information content (AvgIpc) is 3.00. The number of nitrogens with zero attached hydrogens (tertiary/aromatic N) is 3. The molecule has 0 aliphatic rings. The molecule has 5 nitrogen and oxygen atoms in total. The molecule has 2 heterocycles. The Bertz CT molecular complexity index is 900. The first-order chi connectivity index (χ1) is 11.0. The summed E-state index contributed by atoms with van der Waals surface area (Å²) in [5.41, 5.74) is 0.681. The lowest BCUT2D eigenvalue weighted by Gasteiger charge is -2.11. The predicted octanol–water partition coefficient (Wildman–Crippen LogP) is 4.07. The second-order valence-corrected chi connectivity index (χ2v) is 5.92. The van der Waals surface area contributed by atoms with Crippen LogP contribution in [-0.4, -0.2) is 26.0 Å². The highest BCUT2D eigenvalue weighted by atomic mass is 35.5. The largest absolute Gasteiger partial charge is 0.478 e. The Hall–Kier alpha value is -2.38. The number of benzene rings is 1. The van der Waals surface area contributed by atoms with Gasteiger partial charge in [0, 0.05) is 17.1 Å². The Morgan fingerprint density at radius 2 is 2.13 bits per heavy atom. The van der Waals surface area contributed by atoms with Gasteiger partial charge in [0.05, 0.1) is 16.4 Å². The van der Waals surface area contributed by atoms with Crippen molar-refractivity contribution in [3.05, 3.63) is 51.9 Å². The fraction of sp³-hybridized carbons (Fsp3) is 0.0667. The van der Waals surface area contributed by atoms with Crippen molar-refractivity contribution in [2.45, 2.75) is 6.92 Å². The molecule has 1 N–H and O–H groups in total. The van der Waals surface area contributed by atoms with Crippen LogP contribution in [0.4, 0.5) is 4.39 Å². The molecule has 0 amide bonds. The molecule has 2 aromatic heterocycles. The monoisotopic (exact) mass is 349 g/mol. The van der Waals surface area contributed by atoms with Crippen molar-refractivity contribution in [2.75, 3.05) is 0 Å². The maximum Gasteiger partial charge on any atom is 0.339 e. The summed E-state index contributed by atoms with van der Waals surface area (Å²) in [6.07, 6.45) is 1.61. The molecule has 23 heavy (non-hydrogen) atoms. The summed E-state index contributed by atoms with van der Waals surface area (Å²) in [7, 11) is 0. The van der Waals surface area contributed by atoms with E-state index >= 15 is 0 Å². The fourth-order valence-electron chi connectivity index (χ4n) is 2.13. The zero-order valence-electron chi connectivity index (χ0n) is 11.7. The second-order valence-electron chi connectivity index (χ2n) is 4.62. The van der Waals surface area contributed by atoms with E-state index in [1.54, 1.807) is 18.5 Å². The van der Waals surface area contributed by atoms with Crippen molar-refractivity contribution in [2.24, 2.45) is 0 Å². The molecule has 116 valence electrons. The van der Waals surface area contributed by atoms with Crippen molar-refractivity contribution in [1.29, 1.82) is 0 Å². The number of aromatic carboxylic acids is 1. The number of aromatic nitrogens is 3. The molecule has 3 rings (SSSR count). The van der Waals surface area contributed by atoms with E-state index < -0.39 is 11.8 Å². The molecule has 8 heteroatoms. The van der Waals surface area contributed by atoms with Crippen LogP contribution < -0.4 is 0 Å². The maximum absolute atomic E-state index is 13.3. The van der Waals surface area contributed by atoms with Crippen molar-refractivity contribution in [3.63, 3.8) is 0 Å². The van der Waals surface area contributed by atoms with Gasteiger partial charge in [-0.3, -0.25) is 0 Å². The van der Waals surface area contributed by atoms with Gasteiger partial charge in [-0.2, -0.15) is 0 Å². The number of hydrogen-bond donors (Lipinski definition) is 1. The lowest BCUT2D eigenvalue weighted by Crippen LogP contribution is -2.08. The van der Waals surface area contributed by atoms with Crippen molar-refractivity contribution in [3.8, 4) is 22.1 Å². The summed E-state index contributed by atoms with van der Waals surface area (Å²) < 4.78 is 13.3. The van der Waals surface area contributed by atoms with E-state index in [0.29, 0.717) is 16.4 Å². The van der Waals surface area contributed by atoms with Crippen LogP contribution in [0.1, 0.15) is 16.1 Å². The van der Waals surface area contributed by atoms with Crippen LogP contribution in [-0.2, 0) is 0 Å². The molecule has 0 bridgehead atoms. The van der Waals surface area contributed by atoms with Gasteiger partial charge in [0.2, 0.25) is 0 Å². The Morgan fingerprint density at radius 3 is 2.74 bits per heavy atom. The van der Waals surface area contributed by atoms with Gasteiger partial charge in [0.1, 0.15) is 11.4 Å². The number of aryl methyl sites for hydroxylation is 1. The van der Waals surface area contributed by atoms with Crippen LogP contribution in [0.5, 0.6) is 0 Å². The van der Waals surface area contributed by atoms with E-state index in [4.69, 9.17) is 11.6 Å². The van der Waals surface area contributed by atoms with Gasteiger partial charge in [0.25, 0.3) is 0 Å². The van der Waals surface area contributed by atoms with E-state index in [0.717, 1.165) is 6.07 Å². The number of carbonyl (C=O) groups is 1. The highest BCUT2D eigenvalue weighted by Gasteiger charge is 2.22. The zero-order valence-corrected chi connectivity index (χ0v) is 13.3. The first kappa shape index (κ1) is 15.5. The van der Waals surface area contributed by atoms with Gasteiger partial charge in [-0.1, -0.05) is 11.6 Å². The first-order valence-corrected chi connectivity index (χ1v) is 7.70. The molecule has 0 aliphatic carbocycles. The van der Waals surface area contributed by atoms with Gasteiger partial charge in [-0.15, -0.1) is 11.3 Å². The molecule has 3 aromatic rings. The molecule has 0 fully saturated rings. The number of rotatable bonds is 3. The number of carboxylic acids is 1. The molecule has 0 saturated heterocycles. The maximum atomic E-state index is 13.3. The summed E-state index contributed by atoms with van der Waals surface area (Å²) in [4.78, 5) is 24.2. The number of hydrogen-bond acceptors (Lipinski definition) is 5. The molecule has 0 aliphatic heterocycles. The highest BCUT2D eigenvalue weighted by Crippen LogP contribution is 2.32. The predicted molar refractivity (Wildman–Crippen MR) is 85.2 cm³/mol. The van der Waals surface area contributed by atoms with Crippen LogP contribution in [0.15, 0.2) is 29.8 Å². The Kier molecular flexibility index (Phi) is 4.06. The summed E-state index contributed by atoms with van der Waals surface area (Å²) in [5.74, 6) is -1.39. The van der Waals surface area contributed by atoms with Gasteiger partial charge in [0.15, 0.2) is 10.8 Å². The van der Waals surface area contributed by atoms with E-state index in [9.17, 15) is 14.3 Å². The molecule has 0 saturated carbocycles. The number of carboxylic acid groups (broad SMARTS) is 1.